The molecule has 3 N–H and O–H groups in total. The second kappa shape index (κ2) is 7.85. The van der Waals surface area contributed by atoms with Gasteiger partial charge in [-0.15, -0.1) is 0 Å². The molecule has 2 rings (SSSR count). The van der Waals surface area contributed by atoms with E-state index in [0.717, 1.165) is 5.56 Å². The fraction of sp³-hybridized carbons (Fsp3) is 0.211. The summed E-state index contributed by atoms with van der Waals surface area (Å²) >= 11 is 10.9. The van der Waals surface area contributed by atoms with E-state index < -0.39 is 5.97 Å². The van der Waals surface area contributed by atoms with Gasteiger partial charge >= 0.3 is 5.97 Å². The van der Waals surface area contributed by atoms with Crippen LogP contribution < -0.4 is 10.6 Å². The van der Waals surface area contributed by atoms with Crippen LogP contribution in [0.15, 0.2) is 42.5 Å². The van der Waals surface area contributed by atoms with Crippen molar-refractivity contribution in [3.8, 4) is 0 Å². The van der Waals surface area contributed by atoms with Gasteiger partial charge in [-0.05, 0) is 53.5 Å². The number of benzene rings is 2. The average Bonchev–Trinajstić information content (AvgIpc) is 2.55. The molecule has 5 nitrogen and oxygen atoms in total. The molecule has 1 amide bonds. The molecule has 0 saturated carbocycles. The van der Waals surface area contributed by atoms with Crippen molar-refractivity contribution in [1.82, 2.24) is 5.32 Å². The molecule has 0 bridgehead atoms. The largest absolute Gasteiger partial charge is 0.478 e. The van der Waals surface area contributed by atoms with Gasteiger partial charge in [-0.2, -0.15) is 0 Å². The number of carbonyl (C=O) groups is 2. The SMILES string of the molecule is CC(C)(C)c1ccc(C(=O)NC(=S)Nc2ccc(Cl)cc2C(=O)O)cc1. The number of anilines is 1. The highest BCUT2D eigenvalue weighted by Crippen LogP contribution is 2.22. The van der Waals surface area contributed by atoms with Crippen LogP contribution in [0.25, 0.3) is 0 Å². The predicted octanol–water partition coefficient (Wildman–Crippen LogP) is 4.46. The zero-order valence-electron chi connectivity index (χ0n) is 14.6. The van der Waals surface area contributed by atoms with Gasteiger partial charge in [-0.25, -0.2) is 4.79 Å². The molecule has 7 heteroatoms. The number of thiocarbonyl (C=S) groups is 1. The van der Waals surface area contributed by atoms with E-state index in [1.165, 1.54) is 18.2 Å². The van der Waals surface area contributed by atoms with E-state index in [1.807, 2.05) is 12.1 Å². The maximum Gasteiger partial charge on any atom is 0.337 e. The van der Waals surface area contributed by atoms with Gasteiger partial charge in [0.05, 0.1) is 11.3 Å². The smallest absolute Gasteiger partial charge is 0.337 e. The van der Waals surface area contributed by atoms with E-state index in [9.17, 15) is 14.7 Å². The summed E-state index contributed by atoms with van der Waals surface area (Å²) in [5.74, 6) is -1.53. The number of nitrogens with one attached hydrogen (secondary N) is 2. The number of carboxylic acids is 1. The third-order valence-corrected chi connectivity index (χ3v) is 4.14. The number of halogens is 1. The average molecular weight is 391 g/mol. The van der Waals surface area contributed by atoms with Crippen LogP contribution in [-0.2, 0) is 5.41 Å². The molecule has 2 aromatic rings. The first-order valence-electron chi connectivity index (χ1n) is 7.83. The number of aromatic carboxylic acids is 1. The summed E-state index contributed by atoms with van der Waals surface area (Å²) in [5, 5.41) is 14.8. The Kier molecular flexibility index (Phi) is 6.00. The summed E-state index contributed by atoms with van der Waals surface area (Å²) in [6.07, 6.45) is 0. The summed E-state index contributed by atoms with van der Waals surface area (Å²) in [6, 6.07) is 11.6. The van der Waals surface area contributed by atoms with Gasteiger partial charge in [0.15, 0.2) is 5.11 Å². The Morgan fingerprint density at radius 1 is 1.08 bits per heavy atom. The molecule has 0 aliphatic heterocycles. The number of hydrogen-bond acceptors (Lipinski definition) is 3. The Morgan fingerprint density at radius 2 is 1.69 bits per heavy atom. The normalized spacial score (nSPS) is 10.9. The third kappa shape index (κ3) is 5.03. The Hall–Kier alpha value is -2.44. The topological polar surface area (TPSA) is 78.4 Å². The Balaban J connectivity index is 2.08. The van der Waals surface area contributed by atoms with Gasteiger partial charge in [0.1, 0.15) is 0 Å². The van der Waals surface area contributed by atoms with Gasteiger partial charge in [0.2, 0.25) is 0 Å². The number of rotatable bonds is 3. The van der Waals surface area contributed by atoms with Crippen molar-refractivity contribution < 1.29 is 14.7 Å². The highest BCUT2D eigenvalue weighted by molar-refractivity contribution is 7.80. The van der Waals surface area contributed by atoms with Crippen LogP contribution in [0.5, 0.6) is 0 Å². The highest BCUT2D eigenvalue weighted by atomic mass is 35.5. The zero-order valence-corrected chi connectivity index (χ0v) is 16.2. The molecular formula is C19H19ClN2O3S. The number of carbonyl (C=O) groups excluding carboxylic acids is 1. The van der Waals surface area contributed by atoms with Crippen molar-refractivity contribution in [3.63, 3.8) is 0 Å². The van der Waals surface area contributed by atoms with Crippen molar-refractivity contribution in [3.05, 3.63) is 64.2 Å². The summed E-state index contributed by atoms with van der Waals surface area (Å²) in [7, 11) is 0. The fourth-order valence-corrected chi connectivity index (χ4v) is 2.63. The lowest BCUT2D eigenvalue weighted by atomic mass is 9.87. The molecule has 0 atom stereocenters. The van der Waals surface area contributed by atoms with Gasteiger partial charge < -0.3 is 10.4 Å². The Bertz CT molecular complexity index is 858. The minimum absolute atomic E-state index is 0.000259. The van der Waals surface area contributed by atoms with Crippen LogP contribution in [-0.4, -0.2) is 22.1 Å². The van der Waals surface area contributed by atoms with Crippen LogP contribution >= 0.6 is 23.8 Å². The van der Waals surface area contributed by atoms with Crippen LogP contribution in [0.1, 0.15) is 47.1 Å². The van der Waals surface area contributed by atoms with Crippen LogP contribution in [0.3, 0.4) is 0 Å². The van der Waals surface area contributed by atoms with Crippen molar-refractivity contribution >= 4 is 46.5 Å². The summed E-state index contributed by atoms with van der Waals surface area (Å²) in [5.41, 5.74) is 1.77. The van der Waals surface area contributed by atoms with E-state index in [-0.39, 0.29) is 27.7 Å². The molecule has 136 valence electrons. The first-order chi connectivity index (χ1) is 12.1. The van der Waals surface area contributed by atoms with Gasteiger partial charge in [0, 0.05) is 10.6 Å². The molecule has 2 aromatic carbocycles. The minimum Gasteiger partial charge on any atom is -0.478 e. The van der Waals surface area contributed by atoms with E-state index in [1.54, 1.807) is 12.1 Å². The summed E-state index contributed by atoms with van der Waals surface area (Å²) in [4.78, 5) is 23.6. The van der Waals surface area contributed by atoms with E-state index >= 15 is 0 Å². The third-order valence-electron chi connectivity index (χ3n) is 3.70. The minimum atomic E-state index is -1.15. The first kappa shape index (κ1) is 19.9. The van der Waals surface area contributed by atoms with E-state index in [4.69, 9.17) is 23.8 Å². The maximum absolute atomic E-state index is 12.3. The molecular weight excluding hydrogens is 372 g/mol. The standard InChI is InChI=1S/C19H19ClN2O3S/c1-19(2,3)12-6-4-11(5-7-12)16(23)22-18(26)21-15-9-8-13(20)10-14(15)17(24)25/h4-10H,1-3H3,(H,24,25)(H2,21,22,23,26). The second-order valence-electron chi connectivity index (χ2n) is 6.73. The van der Waals surface area contributed by atoms with E-state index in [2.05, 4.69) is 31.4 Å². The molecule has 0 heterocycles. The van der Waals surface area contributed by atoms with Gasteiger partial charge in [0.25, 0.3) is 5.91 Å². The lowest BCUT2D eigenvalue weighted by Gasteiger charge is -2.19. The van der Waals surface area contributed by atoms with Crippen LogP contribution in [0, 0.1) is 0 Å². The second-order valence-corrected chi connectivity index (χ2v) is 7.58. The molecule has 0 unspecified atom stereocenters. The Labute approximate surface area is 162 Å². The quantitative estimate of drug-likeness (QED) is 0.674. The molecule has 0 aliphatic rings. The lowest BCUT2D eigenvalue weighted by molar-refractivity contribution is 0.0697. The van der Waals surface area contributed by atoms with Gasteiger partial charge in [-0.1, -0.05) is 44.5 Å². The van der Waals surface area contributed by atoms with Crippen molar-refractivity contribution in [2.24, 2.45) is 0 Å². The van der Waals surface area contributed by atoms with Crippen LogP contribution in [0.4, 0.5) is 5.69 Å². The van der Waals surface area contributed by atoms with Crippen molar-refractivity contribution in [2.75, 3.05) is 5.32 Å². The number of carboxylic acid groups (broad SMARTS) is 1. The van der Waals surface area contributed by atoms with Gasteiger partial charge in [-0.3, -0.25) is 10.1 Å². The van der Waals surface area contributed by atoms with E-state index in [0.29, 0.717) is 10.6 Å². The lowest BCUT2D eigenvalue weighted by Crippen LogP contribution is -2.34. The number of hydrogen-bond donors (Lipinski definition) is 3. The fourth-order valence-electron chi connectivity index (χ4n) is 2.25. The predicted molar refractivity (Wildman–Crippen MR) is 107 cm³/mol. The molecule has 0 fully saturated rings. The first-order valence-corrected chi connectivity index (χ1v) is 8.62. The molecule has 0 radical (unpaired) electrons. The molecule has 0 spiro atoms. The summed E-state index contributed by atoms with van der Waals surface area (Å²) in [6.45, 7) is 6.27. The Morgan fingerprint density at radius 3 is 2.23 bits per heavy atom. The molecule has 0 saturated heterocycles. The van der Waals surface area contributed by atoms with Crippen molar-refractivity contribution in [2.45, 2.75) is 26.2 Å². The van der Waals surface area contributed by atoms with Crippen molar-refractivity contribution in [1.29, 1.82) is 0 Å². The summed E-state index contributed by atoms with van der Waals surface area (Å²) < 4.78 is 0. The molecule has 0 aliphatic carbocycles. The number of amides is 1. The zero-order chi connectivity index (χ0) is 19.5. The highest BCUT2D eigenvalue weighted by Gasteiger charge is 2.16. The molecule has 0 aromatic heterocycles. The van der Waals surface area contributed by atoms with Crippen LogP contribution in [0.2, 0.25) is 5.02 Å². The molecule has 26 heavy (non-hydrogen) atoms. The maximum atomic E-state index is 12.3. The monoisotopic (exact) mass is 390 g/mol.